The third kappa shape index (κ3) is 2.24. The minimum Gasteiger partial charge on any atom is -0.462 e. The Morgan fingerprint density at radius 2 is 2.22 bits per heavy atom. The van der Waals surface area contributed by atoms with Crippen LogP contribution >= 0.6 is 0 Å². The highest BCUT2D eigenvalue weighted by Crippen LogP contribution is 2.39. The maximum Gasteiger partial charge on any atom is 0.139 e. The van der Waals surface area contributed by atoms with Crippen molar-refractivity contribution in [2.24, 2.45) is 0 Å². The molecule has 0 saturated heterocycles. The van der Waals surface area contributed by atoms with Crippen LogP contribution in [0.1, 0.15) is 35.1 Å². The lowest BCUT2D eigenvalue weighted by Gasteiger charge is -2.14. The van der Waals surface area contributed by atoms with Gasteiger partial charge in [-0.1, -0.05) is 12.1 Å². The number of rotatable bonds is 2. The van der Waals surface area contributed by atoms with E-state index in [4.69, 9.17) is 4.42 Å². The summed E-state index contributed by atoms with van der Waals surface area (Å²) in [5.74, 6) is 0. The highest BCUT2D eigenvalue weighted by Gasteiger charge is 2.20. The monoisotopic (exact) mass is 304 g/mol. The van der Waals surface area contributed by atoms with Gasteiger partial charge in [-0.15, -0.1) is 0 Å². The van der Waals surface area contributed by atoms with Crippen LogP contribution in [0.25, 0.3) is 16.5 Å². The molecule has 3 heteroatoms. The highest BCUT2D eigenvalue weighted by molar-refractivity contribution is 5.97. The van der Waals surface area contributed by atoms with E-state index >= 15 is 0 Å². The van der Waals surface area contributed by atoms with Gasteiger partial charge >= 0.3 is 0 Å². The molecule has 0 radical (unpaired) electrons. The van der Waals surface area contributed by atoms with Crippen molar-refractivity contribution in [2.75, 3.05) is 12.4 Å². The Kier molecular flexibility index (Phi) is 3.41. The lowest BCUT2D eigenvalue weighted by atomic mass is 9.90. The molecule has 0 spiro atoms. The SMILES string of the molecule is CNc1coc2c(C)c3c(cc12)C(c1cccnc1)=CCCC3. The molecule has 3 aromatic rings. The Balaban J connectivity index is 2.01. The Bertz CT molecular complexity index is 891. The second-order valence-electron chi connectivity index (χ2n) is 6.06. The average molecular weight is 304 g/mol. The molecule has 4 rings (SSSR count). The molecule has 0 amide bonds. The number of benzene rings is 1. The molecule has 1 aliphatic rings. The lowest BCUT2D eigenvalue weighted by Crippen LogP contribution is -1.98. The summed E-state index contributed by atoms with van der Waals surface area (Å²) in [6.45, 7) is 2.18. The highest BCUT2D eigenvalue weighted by atomic mass is 16.3. The zero-order valence-corrected chi connectivity index (χ0v) is 13.5. The minimum atomic E-state index is 1.00. The van der Waals surface area contributed by atoms with Crippen LogP contribution in [-0.2, 0) is 6.42 Å². The van der Waals surface area contributed by atoms with E-state index in [2.05, 4.69) is 35.4 Å². The van der Waals surface area contributed by atoms with E-state index in [-0.39, 0.29) is 0 Å². The molecule has 0 unspecified atom stereocenters. The van der Waals surface area contributed by atoms with Crippen LogP contribution in [0.2, 0.25) is 0 Å². The largest absolute Gasteiger partial charge is 0.462 e. The molecule has 116 valence electrons. The molecule has 3 nitrogen and oxygen atoms in total. The molecule has 1 aliphatic carbocycles. The summed E-state index contributed by atoms with van der Waals surface area (Å²) in [4.78, 5) is 4.30. The van der Waals surface area contributed by atoms with E-state index in [0.717, 1.165) is 29.5 Å². The number of nitrogens with zero attached hydrogens (tertiary/aromatic N) is 1. The van der Waals surface area contributed by atoms with Gasteiger partial charge in [0.2, 0.25) is 0 Å². The molecule has 0 fully saturated rings. The van der Waals surface area contributed by atoms with E-state index in [1.54, 1.807) is 0 Å². The summed E-state index contributed by atoms with van der Waals surface area (Å²) in [6, 6.07) is 6.42. The first-order valence-corrected chi connectivity index (χ1v) is 8.12. The topological polar surface area (TPSA) is 38.1 Å². The first-order chi connectivity index (χ1) is 11.3. The number of hydrogen-bond donors (Lipinski definition) is 1. The minimum absolute atomic E-state index is 1.00. The zero-order valence-electron chi connectivity index (χ0n) is 13.5. The van der Waals surface area contributed by atoms with Gasteiger partial charge in [-0.3, -0.25) is 4.98 Å². The Labute approximate surface area is 136 Å². The third-order valence-corrected chi connectivity index (χ3v) is 4.75. The van der Waals surface area contributed by atoms with Crippen LogP contribution in [0.4, 0.5) is 5.69 Å². The number of anilines is 1. The lowest BCUT2D eigenvalue weighted by molar-refractivity contribution is 0.613. The summed E-state index contributed by atoms with van der Waals surface area (Å²) < 4.78 is 5.82. The van der Waals surface area contributed by atoms with Crippen LogP contribution < -0.4 is 5.32 Å². The van der Waals surface area contributed by atoms with Gasteiger partial charge in [-0.05, 0) is 60.6 Å². The van der Waals surface area contributed by atoms with E-state index in [0.29, 0.717) is 0 Å². The fourth-order valence-electron chi connectivity index (χ4n) is 3.56. The van der Waals surface area contributed by atoms with Gasteiger partial charge in [0.25, 0.3) is 0 Å². The van der Waals surface area contributed by atoms with Gasteiger partial charge in [0, 0.05) is 30.4 Å². The quantitative estimate of drug-likeness (QED) is 0.728. The second-order valence-corrected chi connectivity index (χ2v) is 6.06. The maximum absolute atomic E-state index is 5.82. The Hall–Kier alpha value is -2.55. The molecular weight excluding hydrogens is 284 g/mol. The van der Waals surface area contributed by atoms with Crippen molar-refractivity contribution >= 4 is 22.2 Å². The Morgan fingerprint density at radius 1 is 1.30 bits per heavy atom. The van der Waals surface area contributed by atoms with Crippen molar-refractivity contribution in [3.63, 3.8) is 0 Å². The number of aryl methyl sites for hydroxylation is 1. The standard InChI is InChI=1S/C20H20N2O/c1-13-15-7-3-4-8-16(14-6-5-9-22-11-14)17(15)10-18-19(21-2)12-23-20(13)18/h5-6,8-12,21H,3-4,7H2,1-2H3. The van der Waals surface area contributed by atoms with Crippen LogP contribution in [0.5, 0.6) is 0 Å². The van der Waals surface area contributed by atoms with E-state index in [1.807, 2.05) is 31.8 Å². The van der Waals surface area contributed by atoms with Crippen molar-refractivity contribution in [3.05, 3.63) is 65.2 Å². The van der Waals surface area contributed by atoms with Crippen molar-refractivity contribution in [1.29, 1.82) is 0 Å². The molecule has 2 aromatic heterocycles. The van der Waals surface area contributed by atoms with Gasteiger partial charge in [0.1, 0.15) is 11.8 Å². The number of pyridine rings is 1. The normalized spacial score (nSPS) is 14.3. The molecule has 0 atom stereocenters. The number of nitrogens with one attached hydrogen (secondary N) is 1. The number of allylic oxidation sites excluding steroid dienone is 1. The predicted molar refractivity (Wildman–Crippen MR) is 94.8 cm³/mol. The number of aromatic nitrogens is 1. The van der Waals surface area contributed by atoms with E-state index in [1.165, 1.54) is 34.2 Å². The Morgan fingerprint density at radius 3 is 3.00 bits per heavy atom. The predicted octanol–water partition coefficient (Wildman–Crippen LogP) is 4.95. The molecule has 23 heavy (non-hydrogen) atoms. The summed E-state index contributed by atoms with van der Waals surface area (Å²) in [6.07, 6.45) is 11.3. The van der Waals surface area contributed by atoms with Crippen molar-refractivity contribution in [3.8, 4) is 0 Å². The van der Waals surface area contributed by atoms with Gasteiger partial charge in [0.05, 0.1) is 5.69 Å². The first kappa shape index (κ1) is 14.1. The maximum atomic E-state index is 5.82. The van der Waals surface area contributed by atoms with Crippen LogP contribution in [0.3, 0.4) is 0 Å². The molecule has 0 aliphatic heterocycles. The van der Waals surface area contributed by atoms with Gasteiger partial charge in [-0.2, -0.15) is 0 Å². The summed E-state index contributed by atoms with van der Waals surface area (Å²) in [7, 11) is 1.93. The summed E-state index contributed by atoms with van der Waals surface area (Å²) in [5.41, 5.74) is 8.50. The average Bonchev–Trinajstić information content (AvgIpc) is 2.88. The zero-order chi connectivity index (χ0) is 15.8. The fraction of sp³-hybridized carbons (Fsp3) is 0.250. The third-order valence-electron chi connectivity index (χ3n) is 4.75. The number of fused-ring (bicyclic) bond motifs is 2. The molecule has 2 heterocycles. The molecule has 1 N–H and O–H groups in total. The smallest absolute Gasteiger partial charge is 0.139 e. The van der Waals surface area contributed by atoms with Gasteiger partial charge in [-0.25, -0.2) is 0 Å². The first-order valence-electron chi connectivity index (χ1n) is 8.12. The fourth-order valence-corrected chi connectivity index (χ4v) is 3.56. The van der Waals surface area contributed by atoms with Crippen molar-refractivity contribution < 1.29 is 4.42 Å². The molecular formula is C20H20N2O. The van der Waals surface area contributed by atoms with Crippen LogP contribution in [0.15, 0.2) is 47.3 Å². The van der Waals surface area contributed by atoms with Crippen LogP contribution in [-0.4, -0.2) is 12.0 Å². The van der Waals surface area contributed by atoms with E-state index in [9.17, 15) is 0 Å². The van der Waals surface area contributed by atoms with Crippen molar-refractivity contribution in [1.82, 2.24) is 4.98 Å². The second kappa shape index (κ2) is 5.58. The molecule has 1 aromatic carbocycles. The summed E-state index contributed by atoms with van der Waals surface area (Å²) >= 11 is 0. The van der Waals surface area contributed by atoms with Crippen molar-refractivity contribution in [2.45, 2.75) is 26.2 Å². The van der Waals surface area contributed by atoms with Gasteiger partial charge in [0.15, 0.2) is 0 Å². The van der Waals surface area contributed by atoms with Gasteiger partial charge < -0.3 is 9.73 Å². The summed E-state index contributed by atoms with van der Waals surface area (Å²) in [5, 5.41) is 4.38. The van der Waals surface area contributed by atoms with E-state index < -0.39 is 0 Å². The molecule has 0 bridgehead atoms. The van der Waals surface area contributed by atoms with Crippen LogP contribution in [0, 0.1) is 6.92 Å². The number of hydrogen-bond acceptors (Lipinski definition) is 3. The number of furan rings is 1. The molecule has 0 saturated carbocycles.